The summed E-state index contributed by atoms with van der Waals surface area (Å²) in [6, 6.07) is 16.9. The zero-order chi connectivity index (χ0) is 20.8. The Balaban J connectivity index is 1.54. The maximum absolute atomic E-state index is 12.3. The van der Waals surface area contributed by atoms with Gasteiger partial charge in [-0.15, -0.1) is 0 Å². The predicted molar refractivity (Wildman–Crippen MR) is 113 cm³/mol. The summed E-state index contributed by atoms with van der Waals surface area (Å²) in [5.74, 6) is 0.470. The van der Waals surface area contributed by atoms with Gasteiger partial charge in [-0.25, -0.2) is 4.98 Å². The van der Waals surface area contributed by atoms with Gasteiger partial charge in [0.1, 0.15) is 5.75 Å². The molecule has 1 N–H and O–H groups in total. The third-order valence-electron chi connectivity index (χ3n) is 4.62. The maximum atomic E-state index is 12.3. The van der Waals surface area contributed by atoms with Crippen molar-refractivity contribution in [1.29, 1.82) is 0 Å². The molecule has 0 radical (unpaired) electrons. The van der Waals surface area contributed by atoms with Crippen molar-refractivity contribution >= 4 is 5.91 Å². The number of aryl methyl sites for hydroxylation is 2. The van der Waals surface area contributed by atoms with Crippen molar-refractivity contribution in [3.63, 3.8) is 0 Å². The molecule has 6 heteroatoms. The summed E-state index contributed by atoms with van der Waals surface area (Å²) >= 11 is 0. The molecule has 6 nitrogen and oxygen atoms in total. The summed E-state index contributed by atoms with van der Waals surface area (Å²) < 4.78 is 7.26. The van der Waals surface area contributed by atoms with Crippen molar-refractivity contribution in [3.05, 3.63) is 82.4 Å². The molecule has 1 heterocycles. The molecule has 150 valence electrons. The summed E-state index contributed by atoms with van der Waals surface area (Å²) in [6.07, 6.45) is 0.873. The normalized spacial score (nSPS) is 11.7. The van der Waals surface area contributed by atoms with E-state index in [0.717, 1.165) is 16.7 Å². The highest BCUT2D eigenvalue weighted by atomic mass is 16.5. The van der Waals surface area contributed by atoms with Crippen molar-refractivity contribution in [1.82, 2.24) is 14.9 Å². The van der Waals surface area contributed by atoms with Crippen LogP contribution in [0, 0.1) is 13.8 Å². The lowest BCUT2D eigenvalue weighted by Crippen LogP contribution is -2.39. The van der Waals surface area contributed by atoms with Gasteiger partial charge in [-0.05, 0) is 38.0 Å². The molecule has 0 aliphatic rings. The SMILES string of the molecule is Cc1ccc(C)c(OC(C)C(=O)NCCn2cnc(-c3ccccc3)cc2=O)c1. The van der Waals surface area contributed by atoms with Crippen LogP contribution >= 0.6 is 0 Å². The molecule has 29 heavy (non-hydrogen) atoms. The number of nitrogens with one attached hydrogen (secondary N) is 1. The first-order valence-corrected chi connectivity index (χ1v) is 9.57. The van der Waals surface area contributed by atoms with Gasteiger partial charge in [0.2, 0.25) is 0 Å². The highest BCUT2D eigenvalue weighted by Gasteiger charge is 2.15. The largest absolute Gasteiger partial charge is 0.481 e. The van der Waals surface area contributed by atoms with Crippen LogP contribution in [-0.4, -0.2) is 28.1 Å². The van der Waals surface area contributed by atoms with Gasteiger partial charge in [0.15, 0.2) is 6.10 Å². The minimum Gasteiger partial charge on any atom is -0.481 e. The molecule has 1 aromatic heterocycles. The summed E-state index contributed by atoms with van der Waals surface area (Å²) in [6.45, 7) is 6.28. The van der Waals surface area contributed by atoms with Crippen LogP contribution in [0.25, 0.3) is 11.3 Å². The van der Waals surface area contributed by atoms with Gasteiger partial charge < -0.3 is 10.1 Å². The number of carbonyl (C=O) groups excluding carboxylic acids is 1. The third-order valence-corrected chi connectivity index (χ3v) is 4.62. The zero-order valence-corrected chi connectivity index (χ0v) is 16.9. The second kappa shape index (κ2) is 9.19. The molecule has 0 aliphatic heterocycles. The summed E-state index contributed by atoms with van der Waals surface area (Å²) in [5.41, 5.74) is 3.41. The van der Waals surface area contributed by atoms with Crippen molar-refractivity contribution in [2.75, 3.05) is 6.54 Å². The Morgan fingerprint density at radius 3 is 2.62 bits per heavy atom. The van der Waals surface area contributed by atoms with Crippen molar-refractivity contribution in [3.8, 4) is 17.0 Å². The van der Waals surface area contributed by atoms with Crippen LogP contribution in [0.15, 0.2) is 65.7 Å². The molecule has 0 spiro atoms. The van der Waals surface area contributed by atoms with Crippen molar-refractivity contribution in [2.45, 2.75) is 33.4 Å². The predicted octanol–water partition coefficient (Wildman–Crippen LogP) is 3.11. The van der Waals surface area contributed by atoms with E-state index in [9.17, 15) is 9.59 Å². The minimum absolute atomic E-state index is 0.159. The molecule has 1 unspecified atom stereocenters. The summed E-state index contributed by atoms with van der Waals surface area (Å²) in [5, 5.41) is 2.81. The number of ether oxygens (including phenoxy) is 1. The molecule has 2 aromatic carbocycles. The van der Waals surface area contributed by atoms with E-state index < -0.39 is 6.10 Å². The molecule has 0 saturated carbocycles. The van der Waals surface area contributed by atoms with Crippen LogP contribution < -0.4 is 15.6 Å². The van der Waals surface area contributed by atoms with Crippen LogP contribution in [-0.2, 0) is 11.3 Å². The molecule has 0 bridgehead atoms. The minimum atomic E-state index is -0.634. The van der Waals surface area contributed by atoms with Gasteiger partial charge in [0, 0.05) is 24.7 Å². The molecule has 3 aromatic rings. The Bertz CT molecular complexity index is 1040. The lowest BCUT2D eigenvalue weighted by atomic mass is 10.1. The second-order valence-electron chi connectivity index (χ2n) is 6.99. The Labute approximate surface area is 170 Å². The molecular formula is C23H25N3O3. The third kappa shape index (κ3) is 5.31. The molecule has 0 saturated heterocycles. The Kier molecular flexibility index (Phi) is 6.44. The number of carbonyl (C=O) groups is 1. The molecule has 0 aliphatic carbocycles. The van der Waals surface area contributed by atoms with Gasteiger partial charge >= 0.3 is 0 Å². The first-order valence-electron chi connectivity index (χ1n) is 9.57. The Morgan fingerprint density at radius 2 is 1.90 bits per heavy atom. The highest BCUT2D eigenvalue weighted by Crippen LogP contribution is 2.20. The second-order valence-corrected chi connectivity index (χ2v) is 6.99. The van der Waals surface area contributed by atoms with E-state index in [1.54, 1.807) is 6.92 Å². The Morgan fingerprint density at radius 1 is 1.14 bits per heavy atom. The first kappa shape index (κ1) is 20.3. The van der Waals surface area contributed by atoms with E-state index in [1.165, 1.54) is 17.0 Å². The number of rotatable bonds is 7. The molecular weight excluding hydrogens is 366 g/mol. The van der Waals surface area contributed by atoms with Gasteiger partial charge in [0.05, 0.1) is 12.0 Å². The van der Waals surface area contributed by atoms with E-state index in [-0.39, 0.29) is 11.5 Å². The fraction of sp³-hybridized carbons (Fsp3) is 0.261. The average Bonchev–Trinajstić information content (AvgIpc) is 2.72. The fourth-order valence-electron chi connectivity index (χ4n) is 2.88. The summed E-state index contributed by atoms with van der Waals surface area (Å²) in [4.78, 5) is 29.0. The molecule has 1 amide bonds. The van der Waals surface area contributed by atoms with E-state index in [2.05, 4.69) is 10.3 Å². The lowest BCUT2D eigenvalue weighted by Gasteiger charge is -2.17. The number of aromatic nitrogens is 2. The first-order chi connectivity index (χ1) is 13.9. The van der Waals surface area contributed by atoms with E-state index in [0.29, 0.717) is 24.5 Å². The van der Waals surface area contributed by atoms with E-state index in [1.807, 2.05) is 62.4 Å². The standard InChI is InChI=1S/C23H25N3O3/c1-16-9-10-17(2)21(13-16)29-18(3)23(28)24-11-12-26-15-25-20(14-22(26)27)19-7-5-4-6-8-19/h4-10,13-15,18H,11-12H2,1-3H3,(H,24,28). The van der Waals surface area contributed by atoms with Gasteiger partial charge in [-0.1, -0.05) is 42.5 Å². The molecule has 3 rings (SSSR count). The number of hydrogen-bond donors (Lipinski definition) is 1. The van der Waals surface area contributed by atoms with Gasteiger partial charge in [-0.3, -0.25) is 14.2 Å². The van der Waals surface area contributed by atoms with Crippen LogP contribution in [0.1, 0.15) is 18.1 Å². The number of hydrogen-bond acceptors (Lipinski definition) is 4. The quantitative estimate of drug-likeness (QED) is 0.672. The van der Waals surface area contributed by atoms with E-state index in [4.69, 9.17) is 4.74 Å². The van der Waals surface area contributed by atoms with Gasteiger partial charge in [0.25, 0.3) is 11.5 Å². The molecule has 0 fully saturated rings. The zero-order valence-electron chi connectivity index (χ0n) is 16.9. The van der Waals surface area contributed by atoms with E-state index >= 15 is 0 Å². The van der Waals surface area contributed by atoms with Crippen LogP contribution in [0.4, 0.5) is 0 Å². The average molecular weight is 391 g/mol. The Hall–Kier alpha value is -3.41. The lowest BCUT2D eigenvalue weighted by molar-refractivity contribution is -0.127. The van der Waals surface area contributed by atoms with Gasteiger partial charge in [-0.2, -0.15) is 0 Å². The number of benzene rings is 2. The van der Waals surface area contributed by atoms with Crippen LogP contribution in [0.5, 0.6) is 5.75 Å². The maximum Gasteiger partial charge on any atom is 0.260 e. The molecule has 1 atom stereocenters. The number of nitrogens with zero attached hydrogens (tertiary/aromatic N) is 2. The van der Waals surface area contributed by atoms with Crippen LogP contribution in [0.3, 0.4) is 0 Å². The monoisotopic (exact) mass is 391 g/mol. The summed E-state index contributed by atoms with van der Waals surface area (Å²) in [7, 11) is 0. The topological polar surface area (TPSA) is 73.2 Å². The number of amides is 1. The van der Waals surface area contributed by atoms with Crippen molar-refractivity contribution in [2.24, 2.45) is 0 Å². The van der Waals surface area contributed by atoms with Crippen LogP contribution in [0.2, 0.25) is 0 Å². The fourth-order valence-corrected chi connectivity index (χ4v) is 2.88. The van der Waals surface area contributed by atoms with Crippen molar-refractivity contribution < 1.29 is 9.53 Å². The smallest absolute Gasteiger partial charge is 0.260 e. The highest BCUT2D eigenvalue weighted by molar-refractivity contribution is 5.80.